The van der Waals surface area contributed by atoms with Crippen molar-refractivity contribution in [2.45, 2.75) is 27.3 Å². The van der Waals surface area contributed by atoms with Crippen LogP contribution in [0.1, 0.15) is 32.6 Å². The lowest BCUT2D eigenvalue weighted by Crippen LogP contribution is -2.24. The Hall–Kier alpha value is -1.95. The quantitative estimate of drug-likeness (QED) is 0.891. The lowest BCUT2D eigenvalue weighted by atomic mass is 10.2. The number of anilines is 1. The van der Waals surface area contributed by atoms with E-state index in [9.17, 15) is 9.18 Å². The number of nitrogens with zero attached hydrogens (tertiary/aromatic N) is 1. The maximum atomic E-state index is 14.1. The Labute approximate surface area is 127 Å². The van der Waals surface area contributed by atoms with Crippen molar-refractivity contribution in [1.82, 2.24) is 10.3 Å². The molecule has 0 fully saturated rings. The number of rotatable bonds is 5. The van der Waals surface area contributed by atoms with E-state index in [1.807, 2.05) is 26.8 Å². The van der Waals surface area contributed by atoms with Crippen molar-refractivity contribution >= 4 is 23.1 Å². The van der Waals surface area contributed by atoms with Crippen LogP contribution in [0.2, 0.25) is 0 Å². The van der Waals surface area contributed by atoms with Gasteiger partial charge in [-0.2, -0.15) is 0 Å². The molecule has 2 aromatic heterocycles. The standard InChI is InChI=1S/C15H18FN3OS/c1-4-17-14-13(16)12(5-6-18-14)15(20)19-8-11-7-9(2)10(3)21-11/h5-7H,4,8H2,1-3H3,(H,17,18)(H,19,20). The molecule has 2 aromatic rings. The molecule has 0 aromatic carbocycles. The zero-order valence-corrected chi connectivity index (χ0v) is 13.1. The highest BCUT2D eigenvalue weighted by Gasteiger charge is 2.15. The molecule has 4 nitrogen and oxygen atoms in total. The van der Waals surface area contributed by atoms with Crippen molar-refractivity contribution in [2.75, 3.05) is 11.9 Å². The third kappa shape index (κ3) is 3.58. The number of carbonyl (C=O) groups excluding carboxylic acids is 1. The van der Waals surface area contributed by atoms with Crippen molar-refractivity contribution in [3.05, 3.63) is 45.0 Å². The van der Waals surface area contributed by atoms with E-state index in [2.05, 4.69) is 15.6 Å². The van der Waals surface area contributed by atoms with Crippen LogP contribution in [0.4, 0.5) is 10.2 Å². The first kappa shape index (κ1) is 15.4. The van der Waals surface area contributed by atoms with Crippen LogP contribution in [0, 0.1) is 19.7 Å². The van der Waals surface area contributed by atoms with Crippen LogP contribution < -0.4 is 10.6 Å². The summed E-state index contributed by atoms with van der Waals surface area (Å²) in [6.45, 7) is 6.85. The van der Waals surface area contributed by atoms with Crippen molar-refractivity contribution in [3.63, 3.8) is 0 Å². The molecule has 2 rings (SSSR count). The predicted molar refractivity (Wildman–Crippen MR) is 83.3 cm³/mol. The fraction of sp³-hybridized carbons (Fsp3) is 0.333. The molecule has 0 aliphatic carbocycles. The zero-order valence-electron chi connectivity index (χ0n) is 12.3. The number of aromatic nitrogens is 1. The highest BCUT2D eigenvalue weighted by Crippen LogP contribution is 2.20. The van der Waals surface area contributed by atoms with E-state index in [1.165, 1.54) is 22.7 Å². The SMILES string of the molecule is CCNc1nccc(C(=O)NCc2cc(C)c(C)s2)c1F. The highest BCUT2D eigenvalue weighted by atomic mass is 32.1. The monoisotopic (exact) mass is 307 g/mol. The number of aryl methyl sites for hydroxylation is 2. The van der Waals surface area contributed by atoms with Gasteiger partial charge in [0.1, 0.15) is 0 Å². The molecule has 1 amide bonds. The molecule has 0 aliphatic rings. The molecule has 0 saturated carbocycles. The Bertz CT molecular complexity index is 635. The van der Waals surface area contributed by atoms with Crippen molar-refractivity contribution in [2.24, 2.45) is 0 Å². The number of halogens is 1. The topological polar surface area (TPSA) is 54.0 Å². The van der Waals surface area contributed by atoms with Gasteiger partial charge in [-0.1, -0.05) is 0 Å². The van der Waals surface area contributed by atoms with Crippen molar-refractivity contribution in [1.29, 1.82) is 0 Å². The van der Waals surface area contributed by atoms with Gasteiger partial charge in [0, 0.05) is 22.5 Å². The molecular weight excluding hydrogens is 289 g/mol. The Morgan fingerprint density at radius 1 is 1.43 bits per heavy atom. The van der Waals surface area contributed by atoms with Crippen LogP contribution in [0.15, 0.2) is 18.3 Å². The Kier molecular flexibility index (Phi) is 4.90. The minimum atomic E-state index is -0.615. The van der Waals surface area contributed by atoms with Crippen LogP contribution >= 0.6 is 11.3 Å². The number of hydrogen-bond donors (Lipinski definition) is 2. The van der Waals surface area contributed by atoms with E-state index >= 15 is 0 Å². The number of carbonyl (C=O) groups is 1. The van der Waals surface area contributed by atoms with Gasteiger partial charge < -0.3 is 10.6 Å². The Morgan fingerprint density at radius 3 is 2.81 bits per heavy atom. The molecule has 112 valence electrons. The summed E-state index contributed by atoms with van der Waals surface area (Å²) in [6.07, 6.45) is 1.43. The van der Waals surface area contributed by atoms with E-state index in [0.717, 1.165) is 4.88 Å². The van der Waals surface area contributed by atoms with Crippen LogP contribution in [-0.2, 0) is 6.54 Å². The van der Waals surface area contributed by atoms with E-state index in [1.54, 1.807) is 11.3 Å². The largest absolute Gasteiger partial charge is 0.368 e. The first-order chi connectivity index (χ1) is 10.0. The van der Waals surface area contributed by atoms with Gasteiger partial charge in [-0.3, -0.25) is 4.79 Å². The van der Waals surface area contributed by atoms with Crippen LogP contribution in [0.25, 0.3) is 0 Å². The highest BCUT2D eigenvalue weighted by molar-refractivity contribution is 7.12. The van der Waals surface area contributed by atoms with E-state index in [4.69, 9.17) is 0 Å². The smallest absolute Gasteiger partial charge is 0.254 e. The average Bonchev–Trinajstić information content (AvgIpc) is 2.78. The number of amides is 1. The van der Waals surface area contributed by atoms with Gasteiger partial charge in [0.05, 0.1) is 12.1 Å². The number of hydrogen-bond acceptors (Lipinski definition) is 4. The fourth-order valence-electron chi connectivity index (χ4n) is 1.91. The summed E-state index contributed by atoms with van der Waals surface area (Å²) in [7, 11) is 0. The zero-order chi connectivity index (χ0) is 15.4. The molecule has 0 saturated heterocycles. The Morgan fingerprint density at radius 2 is 2.19 bits per heavy atom. The van der Waals surface area contributed by atoms with Gasteiger partial charge in [-0.05, 0) is 38.5 Å². The second-order valence-electron chi connectivity index (χ2n) is 4.69. The molecule has 2 heterocycles. The van der Waals surface area contributed by atoms with Gasteiger partial charge in [0.15, 0.2) is 11.6 Å². The van der Waals surface area contributed by atoms with Crippen molar-refractivity contribution < 1.29 is 9.18 Å². The molecule has 0 atom stereocenters. The fourth-order valence-corrected chi connectivity index (χ4v) is 2.90. The average molecular weight is 307 g/mol. The molecule has 0 spiro atoms. The first-order valence-electron chi connectivity index (χ1n) is 6.75. The number of thiophene rings is 1. The summed E-state index contributed by atoms with van der Waals surface area (Å²) in [5.41, 5.74) is 1.21. The van der Waals surface area contributed by atoms with Crippen LogP contribution in [-0.4, -0.2) is 17.4 Å². The molecule has 0 aliphatic heterocycles. The van der Waals surface area contributed by atoms with E-state index in [-0.39, 0.29) is 11.4 Å². The van der Waals surface area contributed by atoms with Crippen LogP contribution in [0.5, 0.6) is 0 Å². The molecule has 0 radical (unpaired) electrons. The number of pyridine rings is 1. The van der Waals surface area contributed by atoms with Gasteiger partial charge in [-0.15, -0.1) is 11.3 Å². The molecule has 0 unspecified atom stereocenters. The summed E-state index contributed by atoms with van der Waals surface area (Å²) in [4.78, 5) is 18.2. The predicted octanol–water partition coefficient (Wildman–Crippen LogP) is 3.26. The second kappa shape index (κ2) is 6.67. The van der Waals surface area contributed by atoms with Gasteiger partial charge in [0.25, 0.3) is 5.91 Å². The van der Waals surface area contributed by atoms with Gasteiger partial charge >= 0.3 is 0 Å². The Balaban J connectivity index is 2.08. The normalized spacial score (nSPS) is 10.5. The lowest BCUT2D eigenvalue weighted by Gasteiger charge is -2.08. The third-order valence-corrected chi connectivity index (χ3v) is 4.27. The minimum Gasteiger partial charge on any atom is -0.368 e. The lowest BCUT2D eigenvalue weighted by molar-refractivity contribution is 0.0947. The van der Waals surface area contributed by atoms with Crippen LogP contribution in [0.3, 0.4) is 0 Å². The first-order valence-corrected chi connectivity index (χ1v) is 7.57. The van der Waals surface area contributed by atoms with Gasteiger partial charge in [-0.25, -0.2) is 9.37 Å². The summed E-state index contributed by atoms with van der Waals surface area (Å²) >= 11 is 1.63. The third-order valence-electron chi connectivity index (χ3n) is 3.12. The molecular formula is C15H18FN3OS. The maximum absolute atomic E-state index is 14.1. The summed E-state index contributed by atoms with van der Waals surface area (Å²) in [5, 5.41) is 5.53. The summed E-state index contributed by atoms with van der Waals surface area (Å²) in [5.74, 6) is -0.943. The summed E-state index contributed by atoms with van der Waals surface area (Å²) < 4.78 is 14.1. The second-order valence-corrected chi connectivity index (χ2v) is 6.03. The number of nitrogens with one attached hydrogen (secondary N) is 2. The summed E-state index contributed by atoms with van der Waals surface area (Å²) in [6, 6.07) is 3.42. The van der Waals surface area contributed by atoms with Gasteiger partial charge in [0.2, 0.25) is 0 Å². The molecule has 0 bridgehead atoms. The molecule has 21 heavy (non-hydrogen) atoms. The van der Waals surface area contributed by atoms with Crippen molar-refractivity contribution in [3.8, 4) is 0 Å². The minimum absolute atomic E-state index is 0.00551. The maximum Gasteiger partial charge on any atom is 0.254 e. The van der Waals surface area contributed by atoms with E-state index in [0.29, 0.717) is 13.1 Å². The molecule has 2 N–H and O–H groups in total. The van der Waals surface area contributed by atoms with E-state index < -0.39 is 11.7 Å². The molecule has 6 heteroatoms.